The van der Waals surface area contributed by atoms with Crippen LogP contribution in [0.15, 0.2) is 24.4 Å². The molecule has 6 nitrogen and oxygen atoms in total. The van der Waals surface area contributed by atoms with E-state index in [1.54, 1.807) is 17.2 Å². The van der Waals surface area contributed by atoms with Crippen LogP contribution in [-0.2, 0) is 4.79 Å². The number of para-hydroxylation sites is 1. The maximum atomic E-state index is 12.6. The Balaban J connectivity index is 1.88. The van der Waals surface area contributed by atoms with Crippen LogP contribution in [0.1, 0.15) is 23.2 Å². The minimum Gasteiger partial charge on any atom is -0.481 e. The molecule has 2 heterocycles. The molecule has 2 N–H and O–H groups in total. The topological polar surface area (TPSA) is 86.3 Å². The summed E-state index contributed by atoms with van der Waals surface area (Å²) in [5.74, 6) is -1.43. The number of hydrogen-bond donors (Lipinski definition) is 2. The number of nitrogens with zero attached hydrogens (tertiary/aromatic N) is 2. The lowest BCUT2D eigenvalue weighted by atomic mass is 9.97. The molecule has 0 spiro atoms. The second kappa shape index (κ2) is 4.96. The van der Waals surface area contributed by atoms with E-state index in [2.05, 4.69) is 10.2 Å². The first kappa shape index (κ1) is 12.7. The van der Waals surface area contributed by atoms with Gasteiger partial charge < -0.3 is 10.0 Å². The summed E-state index contributed by atoms with van der Waals surface area (Å²) in [4.78, 5) is 25.3. The molecule has 0 saturated carbocycles. The number of carbonyl (C=O) groups is 2. The van der Waals surface area contributed by atoms with E-state index in [0.29, 0.717) is 24.0 Å². The lowest BCUT2D eigenvalue weighted by Crippen LogP contribution is -2.42. The summed E-state index contributed by atoms with van der Waals surface area (Å²) in [6, 6.07) is 5.43. The van der Waals surface area contributed by atoms with Gasteiger partial charge in [-0.1, -0.05) is 12.1 Å². The Kier molecular flexibility index (Phi) is 3.14. The quantitative estimate of drug-likeness (QED) is 0.868. The number of nitrogens with one attached hydrogen (secondary N) is 1. The molecule has 3 rings (SSSR count). The number of H-pyrrole nitrogens is 1. The number of carboxylic acids is 1. The lowest BCUT2D eigenvalue weighted by Gasteiger charge is -2.30. The van der Waals surface area contributed by atoms with Crippen LogP contribution in [0, 0.1) is 5.92 Å². The van der Waals surface area contributed by atoms with Crippen molar-refractivity contribution in [2.75, 3.05) is 13.1 Å². The van der Waals surface area contributed by atoms with Gasteiger partial charge in [0.25, 0.3) is 5.91 Å². The zero-order valence-electron chi connectivity index (χ0n) is 10.9. The third-order valence-corrected chi connectivity index (χ3v) is 3.76. The van der Waals surface area contributed by atoms with E-state index in [4.69, 9.17) is 5.11 Å². The van der Waals surface area contributed by atoms with Crippen LogP contribution in [0.3, 0.4) is 0 Å². The van der Waals surface area contributed by atoms with Gasteiger partial charge in [-0.3, -0.25) is 14.7 Å². The van der Waals surface area contributed by atoms with Crippen molar-refractivity contribution in [3.8, 4) is 0 Å². The van der Waals surface area contributed by atoms with Gasteiger partial charge in [0.1, 0.15) is 0 Å². The number of likely N-dealkylation sites (tertiary alicyclic amines) is 1. The fraction of sp³-hybridized carbons (Fsp3) is 0.357. The average Bonchev–Trinajstić information content (AvgIpc) is 2.95. The van der Waals surface area contributed by atoms with E-state index in [9.17, 15) is 9.59 Å². The summed E-state index contributed by atoms with van der Waals surface area (Å²) in [7, 11) is 0. The maximum absolute atomic E-state index is 12.6. The normalized spacial score (nSPS) is 19.2. The van der Waals surface area contributed by atoms with Gasteiger partial charge in [0.05, 0.1) is 23.2 Å². The average molecular weight is 273 g/mol. The van der Waals surface area contributed by atoms with E-state index >= 15 is 0 Å². The number of carboxylic acid groups (broad SMARTS) is 1. The molecule has 6 heteroatoms. The molecular formula is C14H15N3O3. The summed E-state index contributed by atoms with van der Waals surface area (Å²) in [5.41, 5.74) is 1.25. The van der Waals surface area contributed by atoms with Crippen molar-refractivity contribution in [2.24, 2.45) is 5.92 Å². The fourth-order valence-electron chi connectivity index (χ4n) is 2.68. The maximum Gasteiger partial charge on any atom is 0.308 e. The Morgan fingerprint density at radius 3 is 3.05 bits per heavy atom. The highest BCUT2D eigenvalue weighted by atomic mass is 16.4. The van der Waals surface area contributed by atoms with E-state index in [-0.39, 0.29) is 12.5 Å². The van der Waals surface area contributed by atoms with Crippen molar-refractivity contribution in [3.05, 3.63) is 30.0 Å². The molecule has 1 fully saturated rings. The van der Waals surface area contributed by atoms with Crippen LogP contribution in [0.2, 0.25) is 0 Å². The highest BCUT2D eigenvalue weighted by Gasteiger charge is 2.29. The summed E-state index contributed by atoms with van der Waals surface area (Å²) in [6.07, 6.45) is 3.03. The van der Waals surface area contributed by atoms with Gasteiger partial charge in [-0.05, 0) is 18.9 Å². The van der Waals surface area contributed by atoms with Gasteiger partial charge in [-0.2, -0.15) is 5.10 Å². The first-order valence-corrected chi connectivity index (χ1v) is 6.61. The summed E-state index contributed by atoms with van der Waals surface area (Å²) in [5, 5.41) is 16.7. The van der Waals surface area contributed by atoms with Crippen LogP contribution < -0.4 is 0 Å². The number of fused-ring (bicyclic) bond motifs is 1. The van der Waals surface area contributed by atoms with Gasteiger partial charge in [0.2, 0.25) is 0 Å². The van der Waals surface area contributed by atoms with E-state index in [1.807, 2.05) is 12.1 Å². The molecule has 0 radical (unpaired) electrons. The predicted octanol–water partition coefficient (Wildman–Crippen LogP) is 1.50. The lowest BCUT2D eigenvalue weighted by molar-refractivity contribution is -0.143. The Hall–Kier alpha value is -2.37. The van der Waals surface area contributed by atoms with E-state index < -0.39 is 11.9 Å². The van der Waals surface area contributed by atoms with Crippen LogP contribution in [0.5, 0.6) is 0 Å². The molecule has 20 heavy (non-hydrogen) atoms. The number of carbonyl (C=O) groups excluding carboxylic acids is 1. The van der Waals surface area contributed by atoms with Gasteiger partial charge in [-0.25, -0.2) is 0 Å². The first-order chi connectivity index (χ1) is 9.66. The molecule has 1 aliphatic heterocycles. The number of piperidine rings is 1. The second-order valence-corrected chi connectivity index (χ2v) is 5.07. The number of benzene rings is 1. The van der Waals surface area contributed by atoms with Crippen molar-refractivity contribution in [2.45, 2.75) is 12.8 Å². The first-order valence-electron chi connectivity index (χ1n) is 6.61. The molecule has 0 aliphatic carbocycles. The fourth-order valence-corrected chi connectivity index (χ4v) is 2.68. The predicted molar refractivity (Wildman–Crippen MR) is 72.4 cm³/mol. The summed E-state index contributed by atoms with van der Waals surface area (Å²) >= 11 is 0. The molecule has 1 saturated heterocycles. The van der Waals surface area contributed by atoms with Crippen molar-refractivity contribution in [1.82, 2.24) is 15.1 Å². The largest absolute Gasteiger partial charge is 0.481 e. The second-order valence-electron chi connectivity index (χ2n) is 5.07. The van der Waals surface area contributed by atoms with Crippen molar-refractivity contribution in [1.29, 1.82) is 0 Å². The Morgan fingerprint density at radius 1 is 1.40 bits per heavy atom. The Labute approximate surface area is 115 Å². The standard InChI is InChI=1S/C14H15N3O3/c18-13(17-6-2-4-10(8-17)14(19)20)11-5-1-3-9-7-15-16-12(9)11/h1,3,5,7,10H,2,4,6,8H2,(H,15,16)(H,19,20). The number of rotatable bonds is 2. The van der Waals surface area contributed by atoms with Crippen molar-refractivity contribution in [3.63, 3.8) is 0 Å². The van der Waals surface area contributed by atoms with E-state index in [0.717, 1.165) is 11.8 Å². The molecular weight excluding hydrogens is 258 g/mol. The minimum absolute atomic E-state index is 0.134. The third-order valence-electron chi connectivity index (χ3n) is 3.76. The Bertz CT molecular complexity index is 664. The highest BCUT2D eigenvalue weighted by molar-refractivity contribution is 6.05. The molecule has 1 atom stereocenters. The number of aromatic nitrogens is 2. The summed E-state index contributed by atoms with van der Waals surface area (Å²) in [6.45, 7) is 0.881. The van der Waals surface area contributed by atoms with Crippen LogP contribution >= 0.6 is 0 Å². The Morgan fingerprint density at radius 2 is 2.25 bits per heavy atom. The number of aliphatic carboxylic acids is 1. The highest BCUT2D eigenvalue weighted by Crippen LogP contribution is 2.22. The molecule has 1 aliphatic rings. The zero-order chi connectivity index (χ0) is 14.1. The molecule has 1 unspecified atom stereocenters. The van der Waals surface area contributed by atoms with E-state index in [1.165, 1.54) is 0 Å². The molecule has 104 valence electrons. The summed E-state index contributed by atoms with van der Waals surface area (Å²) < 4.78 is 0. The van der Waals surface area contributed by atoms with Gasteiger partial charge in [0.15, 0.2) is 0 Å². The number of hydrogen-bond acceptors (Lipinski definition) is 3. The van der Waals surface area contributed by atoms with Gasteiger partial charge in [-0.15, -0.1) is 0 Å². The number of amides is 1. The van der Waals surface area contributed by atoms with Gasteiger partial charge >= 0.3 is 5.97 Å². The molecule has 1 aromatic carbocycles. The monoisotopic (exact) mass is 273 g/mol. The van der Waals surface area contributed by atoms with Crippen LogP contribution in [-0.4, -0.2) is 45.2 Å². The third kappa shape index (κ3) is 2.13. The van der Waals surface area contributed by atoms with Crippen molar-refractivity contribution >= 4 is 22.8 Å². The van der Waals surface area contributed by atoms with Gasteiger partial charge in [0, 0.05) is 18.5 Å². The molecule has 1 aromatic heterocycles. The minimum atomic E-state index is -0.831. The molecule has 2 aromatic rings. The smallest absolute Gasteiger partial charge is 0.308 e. The SMILES string of the molecule is O=C(O)C1CCCN(C(=O)c2cccc3cn[nH]c23)C1. The van der Waals surface area contributed by atoms with Crippen molar-refractivity contribution < 1.29 is 14.7 Å². The van der Waals surface area contributed by atoms with Crippen LogP contribution in [0.4, 0.5) is 0 Å². The van der Waals surface area contributed by atoms with Crippen LogP contribution in [0.25, 0.3) is 10.9 Å². The molecule has 1 amide bonds. The zero-order valence-corrected chi connectivity index (χ0v) is 10.9. The molecule has 0 bridgehead atoms. The number of aromatic amines is 1.